The summed E-state index contributed by atoms with van der Waals surface area (Å²) in [6.07, 6.45) is 11.2. The van der Waals surface area contributed by atoms with Gasteiger partial charge in [-0.05, 0) is 67.7 Å². The molecule has 0 aliphatic heterocycles. The molecular formula is C23H27ClO2. The van der Waals surface area contributed by atoms with Gasteiger partial charge in [-0.25, -0.2) is 0 Å². The molecule has 0 saturated heterocycles. The van der Waals surface area contributed by atoms with Gasteiger partial charge in [0.1, 0.15) is 5.78 Å². The summed E-state index contributed by atoms with van der Waals surface area (Å²) >= 11 is 6.07. The molecule has 0 unspecified atom stereocenters. The quantitative estimate of drug-likeness (QED) is 0.664. The van der Waals surface area contributed by atoms with Crippen molar-refractivity contribution >= 4 is 23.2 Å². The lowest BCUT2D eigenvalue weighted by atomic mass is 9.57. The third-order valence-electron chi connectivity index (χ3n) is 6.76. The second-order valence-corrected chi connectivity index (χ2v) is 8.68. The van der Waals surface area contributed by atoms with Gasteiger partial charge in [0, 0.05) is 29.2 Å². The van der Waals surface area contributed by atoms with E-state index in [1.165, 1.54) is 6.42 Å². The van der Waals surface area contributed by atoms with Crippen molar-refractivity contribution in [1.82, 2.24) is 0 Å². The molecule has 4 rings (SSSR count). The van der Waals surface area contributed by atoms with Crippen LogP contribution in [-0.4, -0.2) is 11.6 Å². The zero-order valence-corrected chi connectivity index (χ0v) is 16.0. The molecule has 0 bridgehead atoms. The van der Waals surface area contributed by atoms with Crippen molar-refractivity contribution in [2.45, 2.75) is 63.7 Å². The van der Waals surface area contributed by atoms with Crippen LogP contribution in [-0.2, 0) is 9.59 Å². The molecule has 2 nitrogen and oxygen atoms in total. The first-order valence-electron chi connectivity index (χ1n) is 10.2. The molecule has 2 fully saturated rings. The fraction of sp³-hybridized carbons (Fsp3) is 0.565. The number of rotatable bonds is 3. The van der Waals surface area contributed by atoms with E-state index < -0.39 is 0 Å². The first kappa shape index (κ1) is 18.0. The van der Waals surface area contributed by atoms with Crippen molar-refractivity contribution < 1.29 is 9.59 Å². The summed E-state index contributed by atoms with van der Waals surface area (Å²) in [4.78, 5) is 26.4. The molecule has 0 aromatic heterocycles. The van der Waals surface area contributed by atoms with Gasteiger partial charge in [-0.15, -0.1) is 0 Å². The molecule has 1 aromatic rings. The lowest BCUT2D eigenvalue weighted by molar-refractivity contribution is -0.136. The second kappa shape index (κ2) is 7.68. The van der Waals surface area contributed by atoms with E-state index in [1.807, 2.05) is 24.3 Å². The standard InChI is InChI=1S/C23H27ClO2/c24-17-12-10-15(11-13-17)20-14-21(25)18-8-4-5-9-19(18)22(20)23(26)16-6-2-1-3-7-16/h6,10-13,18-20,22H,1-5,7-9,14H2/t18-,19+,20-,22+/m0/s1. The van der Waals surface area contributed by atoms with E-state index in [4.69, 9.17) is 11.6 Å². The van der Waals surface area contributed by atoms with Gasteiger partial charge >= 0.3 is 0 Å². The molecule has 26 heavy (non-hydrogen) atoms. The molecule has 0 radical (unpaired) electrons. The summed E-state index contributed by atoms with van der Waals surface area (Å²) in [5.41, 5.74) is 2.13. The van der Waals surface area contributed by atoms with E-state index in [1.54, 1.807) is 0 Å². The maximum atomic E-state index is 13.6. The third kappa shape index (κ3) is 3.41. The first-order chi connectivity index (χ1) is 12.6. The number of hydrogen-bond donors (Lipinski definition) is 0. The lowest BCUT2D eigenvalue weighted by Crippen LogP contribution is -2.45. The number of allylic oxidation sites excluding steroid dienone is 2. The molecule has 1 aromatic carbocycles. The monoisotopic (exact) mass is 370 g/mol. The van der Waals surface area contributed by atoms with Gasteiger partial charge in [0.15, 0.2) is 5.78 Å². The van der Waals surface area contributed by atoms with Crippen LogP contribution >= 0.6 is 11.6 Å². The number of carbonyl (C=O) groups is 2. The summed E-state index contributed by atoms with van der Waals surface area (Å²) in [5.74, 6) is 0.995. The van der Waals surface area contributed by atoms with Crippen LogP contribution < -0.4 is 0 Å². The molecule has 3 heteroatoms. The largest absolute Gasteiger partial charge is 0.299 e. The van der Waals surface area contributed by atoms with E-state index >= 15 is 0 Å². The van der Waals surface area contributed by atoms with Gasteiger partial charge in [0.25, 0.3) is 0 Å². The number of Topliss-reactive ketones (excluding diaryl/α,β-unsaturated/α-hetero) is 2. The molecule has 0 spiro atoms. The highest BCUT2D eigenvalue weighted by molar-refractivity contribution is 6.30. The Morgan fingerprint density at radius 2 is 1.73 bits per heavy atom. The molecule has 4 atom stereocenters. The predicted octanol–water partition coefficient (Wildman–Crippen LogP) is 5.89. The lowest BCUT2D eigenvalue weighted by Gasteiger charge is -2.44. The van der Waals surface area contributed by atoms with Gasteiger partial charge in [-0.1, -0.05) is 42.7 Å². The highest BCUT2D eigenvalue weighted by atomic mass is 35.5. The molecule has 138 valence electrons. The summed E-state index contributed by atoms with van der Waals surface area (Å²) in [6.45, 7) is 0. The van der Waals surface area contributed by atoms with E-state index in [-0.39, 0.29) is 23.7 Å². The van der Waals surface area contributed by atoms with Crippen molar-refractivity contribution in [1.29, 1.82) is 0 Å². The van der Waals surface area contributed by atoms with E-state index in [0.717, 1.165) is 56.1 Å². The van der Waals surface area contributed by atoms with Gasteiger partial charge in [0.05, 0.1) is 0 Å². The first-order valence-corrected chi connectivity index (χ1v) is 10.5. The van der Waals surface area contributed by atoms with Crippen molar-refractivity contribution in [3.63, 3.8) is 0 Å². The van der Waals surface area contributed by atoms with Crippen molar-refractivity contribution in [3.8, 4) is 0 Å². The van der Waals surface area contributed by atoms with Crippen molar-refractivity contribution in [3.05, 3.63) is 46.5 Å². The zero-order chi connectivity index (χ0) is 18.1. The van der Waals surface area contributed by atoms with Crippen LogP contribution in [0.25, 0.3) is 0 Å². The van der Waals surface area contributed by atoms with Crippen LogP contribution in [0.2, 0.25) is 5.02 Å². The SMILES string of the molecule is O=C(C1=CCCCC1)[C@@H]1[C@@H]2CCCC[C@@H]2C(=O)C[C@H]1c1ccc(Cl)cc1. The molecule has 2 saturated carbocycles. The number of fused-ring (bicyclic) bond motifs is 1. The maximum absolute atomic E-state index is 13.6. The van der Waals surface area contributed by atoms with Gasteiger partial charge in [-0.3, -0.25) is 9.59 Å². The fourth-order valence-electron chi connectivity index (χ4n) is 5.47. The Morgan fingerprint density at radius 1 is 0.962 bits per heavy atom. The Balaban J connectivity index is 1.71. The summed E-state index contributed by atoms with van der Waals surface area (Å²) < 4.78 is 0. The van der Waals surface area contributed by atoms with Crippen LogP contribution in [0.3, 0.4) is 0 Å². The van der Waals surface area contributed by atoms with Crippen LogP contribution in [0.5, 0.6) is 0 Å². The Kier molecular flexibility index (Phi) is 5.31. The molecule has 3 aliphatic carbocycles. The van der Waals surface area contributed by atoms with Gasteiger partial charge in [-0.2, -0.15) is 0 Å². The minimum absolute atomic E-state index is 0.00874. The second-order valence-electron chi connectivity index (χ2n) is 8.25. The normalized spacial score (nSPS) is 31.9. The zero-order valence-electron chi connectivity index (χ0n) is 15.3. The Hall–Kier alpha value is -1.41. The van der Waals surface area contributed by atoms with Gasteiger partial charge < -0.3 is 0 Å². The van der Waals surface area contributed by atoms with Crippen LogP contribution in [0.4, 0.5) is 0 Å². The minimum atomic E-state index is -0.0384. The van der Waals surface area contributed by atoms with Crippen molar-refractivity contribution in [2.75, 3.05) is 0 Å². The van der Waals surface area contributed by atoms with Gasteiger partial charge in [0.2, 0.25) is 0 Å². The summed E-state index contributed by atoms with van der Waals surface area (Å²) in [5, 5.41) is 0.698. The highest BCUT2D eigenvalue weighted by Gasteiger charge is 2.48. The average Bonchev–Trinajstić information content (AvgIpc) is 2.69. The van der Waals surface area contributed by atoms with E-state index in [0.29, 0.717) is 23.0 Å². The van der Waals surface area contributed by atoms with Crippen LogP contribution in [0, 0.1) is 17.8 Å². The number of hydrogen-bond acceptors (Lipinski definition) is 2. The average molecular weight is 371 g/mol. The molecule has 0 amide bonds. The Labute approximate surface area is 161 Å². The molecule has 3 aliphatic rings. The minimum Gasteiger partial charge on any atom is -0.299 e. The summed E-state index contributed by atoms with van der Waals surface area (Å²) in [6, 6.07) is 7.80. The highest BCUT2D eigenvalue weighted by Crippen LogP contribution is 2.50. The third-order valence-corrected chi connectivity index (χ3v) is 7.01. The van der Waals surface area contributed by atoms with E-state index in [2.05, 4.69) is 6.08 Å². The van der Waals surface area contributed by atoms with E-state index in [9.17, 15) is 9.59 Å². The van der Waals surface area contributed by atoms with Crippen LogP contribution in [0.15, 0.2) is 35.9 Å². The molecular weight excluding hydrogens is 344 g/mol. The smallest absolute Gasteiger partial charge is 0.162 e. The number of benzene rings is 1. The number of ketones is 2. The predicted molar refractivity (Wildman–Crippen MR) is 104 cm³/mol. The molecule has 0 N–H and O–H groups in total. The Morgan fingerprint density at radius 3 is 2.46 bits per heavy atom. The molecule has 0 heterocycles. The maximum Gasteiger partial charge on any atom is 0.162 e. The van der Waals surface area contributed by atoms with Crippen molar-refractivity contribution in [2.24, 2.45) is 17.8 Å². The van der Waals surface area contributed by atoms with Crippen LogP contribution in [0.1, 0.15) is 69.3 Å². The topological polar surface area (TPSA) is 34.1 Å². The Bertz CT molecular complexity index is 718. The fourth-order valence-corrected chi connectivity index (χ4v) is 5.60. The number of halogens is 1. The number of carbonyl (C=O) groups excluding carboxylic acids is 2. The summed E-state index contributed by atoms with van der Waals surface area (Å²) in [7, 11) is 0.